The second kappa shape index (κ2) is 7.51. The van der Waals surface area contributed by atoms with Crippen LogP contribution in [0.2, 0.25) is 0 Å². The molecule has 0 spiro atoms. The van der Waals surface area contributed by atoms with Crippen molar-refractivity contribution in [3.05, 3.63) is 29.3 Å². The summed E-state index contributed by atoms with van der Waals surface area (Å²) in [6, 6.07) is 6.16. The smallest absolute Gasteiger partial charge is 0.122 e. The third-order valence-electron chi connectivity index (χ3n) is 3.79. The van der Waals surface area contributed by atoms with Crippen molar-refractivity contribution in [1.82, 2.24) is 4.90 Å². The Morgan fingerprint density at radius 1 is 1.05 bits per heavy atom. The normalized spacial score (nSPS) is 15.9. The lowest BCUT2D eigenvalue weighted by molar-refractivity contribution is 0.0844. The van der Waals surface area contributed by atoms with Crippen LogP contribution in [0.15, 0.2) is 18.2 Å². The number of ether oxygens (including phenoxy) is 2. The lowest BCUT2D eigenvalue weighted by Gasteiger charge is -2.15. The Balaban J connectivity index is 1.57. The van der Waals surface area contributed by atoms with Crippen molar-refractivity contribution >= 4 is 0 Å². The van der Waals surface area contributed by atoms with E-state index in [-0.39, 0.29) is 0 Å². The van der Waals surface area contributed by atoms with Gasteiger partial charge in [-0.05, 0) is 57.0 Å². The predicted molar refractivity (Wildman–Crippen MR) is 77.9 cm³/mol. The molecule has 0 aliphatic carbocycles. The van der Waals surface area contributed by atoms with Gasteiger partial charge in [-0.2, -0.15) is 0 Å². The second-order valence-electron chi connectivity index (χ2n) is 5.21. The standard InChI is InChI=1S/C16H25NO2/c1-14-6-5-7-16(15(14)2)19-13-12-18-11-10-17-8-3-4-9-17/h5-7H,3-4,8-13H2,1-2H3. The van der Waals surface area contributed by atoms with E-state index in [1.54, 1.807) is 0 Å². The fourth-order valence-electron chi connectivity index (χ4n) is 2.39. The largest absolute Gasteiger partial charge is 0.491 e. The molecule has 0 radical (unpaired) electrons. The van der Waals surface area contributed by atoms with Crippen molar-refractivity contribution < 1.29 is 9.47 Å². The topological polar surface area (TPSA) is 21.7 Å². The van der Waals surface area contributed by atoms with Crippen LogP contribution in [0.1, 0.15) is 24.0 Å². The maximum atomic E-state index is 5.75. The zero-order valence-electron chi connectivity index (χ0n) is 12.2. The summed E-state index contributed by atoms with van der Waals surface area (Å²) in [5.41, 5.74) is 2.49. The van der Waals surface area contributed by atoms with Crippen molar-refractivity contribution in [2.24, 2.45) is 0 Å². The highest BCUT2D eigenvalue weighted by Crippen LogP contribution is 2.20. The molecular weight excluding hydrogens is 238 g/mol. The van der Waals surface area contributed by atoms with Gasteiger partial charge in [0.05, 0.1) is 13.2 Å². The monoisotopic (exact) mass is 263 g/mol. The summed E-state index contributed by atoms with van der Waals surface area (Å²) in [6.45, 7) is 9.85. The Morgan fingerprint density at radius 3 is 2.63 bits per heavy atom. The van der Waals surface area contributed by atoms with Crippen molar-refractivity contribution in [1.29, 1.82) is 0 Å². The van der Waals surface area contributed by atoms with Crippen LogP contribution in [-0.2, 0) is 4.74 Å². The molecule has 1 saturated heterocycles. The molecule has 0 N–H and O–H groups in total. The predicted octanol–water partition coefficient (Wildman–Crippen LogP) is 2.79. The van der Waals surface area contributed by atoms with E-state index in [4.69, 9.17) is 9.47 Å². The average Bonchev–Trinajstić information content (AvgIpc) is 2.91. The van der Waals surface area contributed by atoms with Gasteiger partial charge in [0, 0.05) is 6.54 Å². The summed E-state index contributed by atoms with van der Waals surface area (Å²) in [5.74, 6) is 0.975. The van der Waals surface area contributed by atoms with E-state index >= 15 is 0 Å². The first-order chi connectivity index (χ1) is 9.27. The van der Waals surface area contributed by atoms with Gasteiger partial charge < -0.3 is 14.4 Å². The summed E-state index contributed by atoms with van der Waals surface area (Å²) >= 11 is 0. The second-order valence-corrected chi connectivity index (χ2v) is 5.21. The quantitative estimate of drug-likeness (QED) is 0.706. The highest BCUT2D eigenvalue weighted by molar-refractivity contribution is 5.38. The van der Waals surface area contributed by atoms with Crippen LogP contribution in [0.4, 0.5) is 0 Å². The highest BCUT2D eigenvalue weighted by atomic mass is 16.5. The van der Waals surface area contributed by atoms with Gasteiger partial charge >= 0.3 is 0 Å². The van der Waals surface area contributed by atoms with E-state index in [9.17, 15) is 0 Å². The molecule has 3 heteroatoms. The van der Waals surface area contributed by atoms with E-state index in [1.807, 2.05) is 12.1 Å². The molecular formula is C16H25NO2. The van der Waals surface area contributed by atoms with Gasteiger partial charge in [0.25, 0.3) is 0 Å². The average molecular weight is 263 g/mol. The number of nitrogens with zero attached hydrogens (tertiary/aromatic N) is 1. The Morgan fingerprint density at radius 2 is 1.84 bits per heavy atom. The van der Waals surface area contributed by atoms with E-state index in [0.29, 0.717) is 13.2 Å². The molecule has 3 nitrogen and oxygen atoms in total. The van der Waals surface area contributed by atoms with Crippen LogP contribution in [0.25, 0.3) is 0 Å². The number of benzene rings is 1. The van der Waals surface area contributed by atoms with E-state index in [1.165, 1.54) is 37.1 Å². The van der Waals surface area contributed by atoms with Crippen LogP contribution in [0, 0.1) is 13.8 Å². The van der Waals surface area contributed by atoms with Gasteiger partial charge in [0.1, 0.15) is 12.4 Å². The van der Waals surface area contributed by atoms with Gasteiger partial charge in [-0.3, -0.25) is 0 Å². The maximum absolute atomic E-state index is 5.75. The molecule has 19 heavy (non-hydrogen) atoms. The fourth-order valence-corrected chi connectivity index (χ4v) is 2.39. The van der Waals surface area contributed by atoms with Crippen molar-refractivity contribution in [3.63, 3.8) is 0 Å². The molecule has 1 aromatic rings. The Labute approximate surface area is 116 Å². The number of hydrogen-bond donors (Lipinski definition) is 0. The fraction of sp³-hybridized carbons (Fsp3) is 0.625. The van der Waals surface area contributed by atoms with Crippen LogP contribution < -0.4 is 4.74 Å². The summed E-state index contributed by atoms with van der Waals surface area (Å²) < 4.78 is 11.4. The molecule has 2 rings (SSSR count). The summed E-state index contributed by atoms with van der Waals surface area (Å²) in [7, 11) is 0. The van der Waals surface area contributed by atoms with E-state index in [0.717, 1.165) is 18.9 Å². The van der Waals surface area contributed by atoms with Gasteiger partial charge in [-0.1, -0.05) is 12.1 Å². The SMILES string of the molecule is Cc1cccc(OCCOCCN2CCCC2)c1C. The number of rotatable bonds is 7. The third kappa shape index (κ3) is 4.51. The Kier molecular flexibility index (Phi) is 5.67. The minimum atomic E-state index is 0.629. The zero-order valence-corrected chi connectivity index (χ0v) is 12.2. The van der Waals surface area contributed by atoms with Crippen molar-refractivity contribution in [3.8, 4) is 5.75 Å². The maximum Gasteiger partial charge on any atom is 0.122 e. The van der Waals surface area contributed by atoms with E-state index in [2.05, 4.69) is 24.8 Å². The van der Waals surface area contributed by atoms with Gasteiger partial charge in [-0.25, -0.2) is 0 Å². The van der Waals surface area contributed by atoms with Gasteiger partial charge in [0.2, 0.25) is 0 Å². The molecule has 106 valence electrons. The molecule has 0 bridgehead atoms. The summed E-state index contributed by atoms with van der Waals surface area (Å²) in [5, 5.41) is 0. The zero-order chi connectivity index (χ0) is 13.5. The molecule has 0 saturated carbocycles. The lowest BCUT2D eigenvalue weighted by Crippen LogP contribution is -2.24. The minimum absolute atomic E-state index is 0.629. The number of likely N-dealkylation sites (tertiary alicyclic amines) is 1. The van der Waals surface area contributed by atoms with Gasteiger partial charge in [-0.15, -0.1) is 0 Å². The molecule has 0 amide bonds. The molecule has 1 fully saturated rings. The molecule has 1 aromatic carbocycles. The van der Waals surface area contributed by atoms with Crippen LogP contribution in [-0.4, -0.2) is 44.4 Å². The first kappa shape index (κ1) is 14.4. The van der Waals surface area contributed by atoms with Crippen LogP contribution in [0.3, 0.4) is 0 Å². The van der Waals surface area contributed by atoms with Crippen LogP contribution in [0.5, 0.6) is 5.75 Å². The van der Waals surface area contributed by atoms with Crippen molar-refractivity contribution in [2.75, 3.05) is 39.5 Å². The molecule has 1 heterocycles. The van der Waals surface area contributed by atoms with Gasteiger partial charge in [0.15, 0.2) is 0 Å². The van der Waals surface area contributed by atoms with Crippen molar-refractivity contribution in [2.45, 2.75) is 26.7 Å². The van der Waals surface area contributed by atoms with Crippen LogP contribution >= 0.6 is 0 Å². The third-order valence-corrected chi connectivity index (χ3v) is 3.79. The molecule has 1 aliphatic heterocycles. The summed E-state index contributed by atoms with van der Waals surface area (Å²) in [4.78, 5) is 2.46. The molecule has 0 unspecified atom stereocenters. The Hall–Kier alpha value is -1.06. The van der Waals surface area contributed by atoms with E-state index < -0.39 is 0 Å². The molecule has 0 atom stereocenters. The molecule has 0 aromatic heterocycles. The molecule has 1 aliphatic rings. The Bertz CT molecular complexity index is 386. The minimum Gasteiger partial charge on any atom is -0.491 e. The first-order valence-corrected chi connectivity index (χ1v) is 7.26. The number of aryl methyl sites for hydroxylation is 1. The lowest BCUT2D eigenvalue weighted by atomic mass is 10.1. The first-order valence-electron chi connectivity index (χ1n) is 7.26. The number of hydrogen-bond acceptors (Lipinski definition) is 3. The highest BCUT2D eigenvalue weighted by Gasteiger charge is 2.10. The summed E-state index contributed by atoms with van der Waals surface area (Å²) in [6.07, 6.45) is 2.69.